The van der Waals surface area contributed by atoms with Gasteiger partial charge in [-0.3, -0.25) is 4.57 Å². The summed E-state index contributed by atoms with van der Waals surface area (Å²) in [5.74, 6) is 0. The molecule has 0 amide bonds. The average Bonchev–Trinajstić information content (AvgIpc) is 2.75. The molecule has 0 fully saturated rings. The summed E-state index contributed by atoms with van der Waals surface area (Å²) in [6.07, 6.45) is 0. The maximum Gasteiger partial charge on any atom is 0.340 e. The van der Waals surface area contributed by atoms with E-state index in [4.69, 9.17) is 0 Å². The smallest absolute Gasteiger partial charge is 0.324 e. The minimum absolute atomic E-state index is 0.0871. The number of benzene rings is 2. The highest BCUT2D eigenvalue weighted by atomic mass is 31.2. The van der Waals surface area contributed by atoms with Crippen LogP contribution in [0.5, 0.6) is 0 Å². The van der Waals surface area contributed by atoms with E-state index in [1.807, 2.05) is 24.3 Å². The molecule has 0 bridgehead atoms. The van der Waals surface area contributed by atoms with Gasteiger partial charge in [0.1, 0.15) is 5.16 Å². The molecule has 2 N–H and O–H groups in total. The van der Waals surface area contributed by atoms with Crippen molar-refractivity contribution in [2.24, 2.45) is 0 Å². The Hall–Kier alpha value is -1.41. The number of hydrogen-bond donors (Lipinski definition) is 2. The second-order valence-corrected chi connectivity index (χ2v) is 11.6. The summed E-state index contributed by atoms with van der Waals surface area (Å²) in [5, 5.41) is -1.32. The van der Waals surface area contributed by atoms with E-state index in [1.54, 1.807) is 6.92 Å². The first-order valence-corrected chi connectivity index (χ1v) is 10.6. The van der Waals surface area contributed by atoms with Crippen molar-refractivity contribution < 1.29 is 14.4 Å². The molecule has 26 heavy (non-hydrogen) atoms. The van der Waals surface area contributed by atoms with Gasteiger partial charge in [-0.1, -0.05) is 77.9 Å². The average molecular weight is 372 g/mol. The highest BCUT2D eigenvalue weighted by molar-refractivity contribution is 7.53. The van der Waals surface area contributed by atoms with Crippen molar-refractivity contribution in [2.75, 3.05) is 0 Å². The first kappa shape index (κ1) is 19.4. The van der Waals surface area contributed by atoms with E-state index in [2.05, 4.69) is 53.7 Å². The second kappa shape index (κ2) is 5.55. The number of rotatable bonds is 1. The van der Waals surface area contributed by atoms with Gasteiger partial charge in [0.15, 0.2) is 0 Å². The van der Waals surface area contributed by atoms with Gasteiger partial charge in [-0.05, 0) is 51.1 Å². The largest absolute Gasteiger partial charge is 0.340 e. The molecule has 0 saturated carbocycles. The number of fused-ring (bicyclic) bond motifs is 3. The summed E-state index contributed by atoms with van der Waals surface area (Å²) in [4.78, 5) is 20.7. The molecule has 0 aliphatic heterocycles. The minimum atomic E-state index is -4.43. The molecular weight excluding hydrogens is 343 g/mol. The summed E-state index contributed by atoms with van der Waals surface area (Å²) < 4.78 is 12.7. The van der Waals surface area contributed by atoms with Crippen LogP contribution in [-0.4, -0.2) is 9.79 Å². The first-order chi connectivity index (χ1) is 11.7. The fourth-order valence-electron chi connectivity index (χ4n) is 3.76. The van der Waals surface area contributed by atoms with Crippen molar-refractivity contribution in [2.45, 2.75) is 64.5 Å². The Morgan fingerprint density at radius 3 is 1.38 bits per heavy atom. The van der Waals surface area contributed by atoms with Gasteiger partial charge in [0.05, 0.1) is 0 Å². The van der Waals surface area contributed by atoms with Gasteiger partial charge in [-0.15, -0.1) is 0 Å². The van der Waals surface area contributed by atoms with Crippen molar-refractivity contribution >= 4 is 7.60 Å². The Morgan fingerprint density at radius 1 is 0.769 bits per heavy atom. The third-order valence-corrected chi connectivity index (χ3v) is 7.34. The van der Waals surface area contributed by atoms with Crippen LogP contribution >= 0.6 is 7.60 Å². The molecular formula is C22H29O3P. The predicted molar refractivity (Wildman–Crippen MR) is 108 cm³/mol. The normalized spacial score (nSPS) is 16.3. The van der Waals surface area contributed by atoms with Crippen LogP contribution in [0.4, 0.5) is 0 Å². The van der Waals surface area contributed by atoms with Crippen LogP contribution in [0, 0.1) is 0 Å². The maximum absolute atomic E-state index is 12.7. The molecule has 0 heterocycles. The van der Waals surface area contributed by atoms with E-state index in [9.17, 15) is 14.4 Å². The second-order valence-electron chi connectivity index (χ2n) is 9.64. The van der Waals surface area contributed by atoms with Gasteiger partial charge >= 0.3 is 7.60 Å². The molecule has 0 unspecified atom stereocenters. The lowest BCUT2D eigenvalue weighted by molar-refractivity contribution is 0.345. The molecule has 3 nitrogen and oxygen atoms in total. The monoisotopic (exact) mass is 372 g/mol. The van der Waals surface area contributed by atoms with Gasteiger partial charge < -0.3 is 9.79 Å². The fraction of sp³-hybridized carbons (Fsp3) is 0.455. The molecule has 1 aliphatic carbocycles. The van der Waals surface area contributed by atoms with Crippen molar-refractivity contribution in [1.29, 1.82) is 0 Å². The molecule has 0 saturated heterocycles. The van der Waals surface area contributed by atoms with Crippen LogP contribution < -0.4 is 0 Å². The van der Waals surface area contributed by atoms with Crippen LogP contribution in [0.25, 0.3) is 11.1 Å². The van der Waals surface area contributed by atoms with Crippen LogP contribution in [0.1, 0.15) is 70.7 Å². The lowest BCUT2D eigenvalue weighted by atomic mass is 9.83. The molecule has 4 heteroatoms. The van der Waals surface area contributed by atoms with Crippen LogP contribution in [0.3, 0.4) is 0 Å². The lowest BCUT2D eigenvalue weighted by Gasteiger charge is -2.30. The van der Waals surface area contributed by atoms with Crippen molar-refractivity contribution in [3.05, 3.63) is 58.7 Å². The van der Waals surface area contributed by atoms with Crippen molar-refractivity contribution in [3.8, 4) is 11.1 Å². The van der Waals surface area contributed by atoms with E-state index in [1.165, 1.54) is 0 Å². The van der Waals surface area contributed by atoms with E-state index in [0.29, 0.717) is 0 Å². The predicted octanol–water partition coefficient (Wildman–Crippen LogP) is 5.70. The molecule has 0 spiro atoms. The lowest BCUT2D eigenvalue weighted by Crippen LogP contribution is -2.23. The van der Waals surface area contributed by atoms with Crippen LogP contribution in [0.2, 0.25) is 0 Å². The minimum Gasteiger partial charge on any atom is -0.324 e. The zero-order valence-electron chi connectivity index (χ0n) is 16.7. The van der Waals surface area contributed by atoms with Gasteiger partial charge in [0, 0.05) is 0 Å². The molecule has 2 aromatic rings. The van der Waals surface area contributed by atoms with Gasteiger partial charge in [-0.25, -0.2) is 0 Å². The Balaban J connectivity index is 2.37. The highest BCUT2D eigenvalue weighted by Gasteiger charge is 2.52. The molecule has 140 valence electrons. The topological polar surface area (TPSA) is 57.5 Å². The summed E-state index contributed by atoms with van der Waals surface area (Å²) in [6, 6.07) is 12.2. The van der Waals surface area contributed by atoms with Gasteiger partial charge in [0.2, 0.25) is 0 Å². The fourth-order valence-corrected chi connectivity index (χ4v) is 4.75. The first-order valence-electron chi connectivity index (χ1n) is 9.03. The summed E-state index contributed by atoms with van der Waals surface area (Å²) in [5.41, 5.74) is 5.32. The molecule has 1 aliphatic rings. The standard InChI is InChI=1S/C22H29O3P/c1-20(2,3)14-8-10-16-17-11-9-15(21(4,5)6)13-19(17)22(7,18(16)12-14)26(23,24)25/h8-13H,1-7H3,(H2,23,24,25). The molecule has 0 atom stereocenters. The van der Waals surface area contributed by atoms with Crippen LogP contribution in [-0.2, 0) is 20.6 Å². The van der Waals surface area contributed by atoms with E-state index < -0.39 is 12.8 Å². The third-order valence-electron chi connectivity index (χ3n) is 5.69. The number of hydrogen-bond acceptors (Lipinski definition) is 1. The van der Waals surface area contributed by atoms with E-state index in [0.717, 1.165) is 33.4 Å². The Kier molecular flexibility index (Phi) is 4.13. The SMILES string of the molecule is CC(C)(C)c1ccc2c(c1)C(C)(P(=O)(O)O)c1cc(C(C)(C)C)ccc1-2. The summed E-state index contributed by atoms with van der Waals surface area (Å²) >= 11 is 0. The maximum atomic E-state index is 12.7. The van der Waals surface area contributed by atoms with Gasteiger partial charge in [-0.2, -0.15) is 0 Å². The van der Waals surface area contributed by atoms with E-state index in [-0.39, 0.29) is 10.8 Å². The van der Waals surface area contributed by atoms with E-state index >= 15 is 0 Å². The Labute approximate surface area is 156 Å². The Morgan fingerprint density at radius 2 is 1.12 bits per heavy atom. The van der Waals surface area contributed by atoms with Gasteiger partial charge in [0.25, 0.3) is 0 Å². The molecule has 2 aromatic carbocycles. The summed E-state index contributed by atoms with van der Waals surface area (Å²) in [6.45, 7) is 14.4. The highest BCUT2D eigenvalue weighted by Crippen LogP contribution is 2.67. The van der Waals surface area contributed by atoms with Crippen LogP contribution in [0.15, 0.2) is 36.4 Å². The molecule has 3 rings (SSSR count). The Bertz CT molecular complexity index is 860. The summed E-state index contributed by atoms with van der Waals surface area (Å²) in [7, 11) is -4.43. The quantitative estimate of drug-likeness (QED) is 0.631. The van der Waals surface area contributed by atoms with Crippen molar-refractivity contribution in [3.63, 3.8) is 0 Å². The third kappa shape index (κ3) is 2.78. The molecule has 0 aromatic heterocycles. The molecule has 0 radical (unpaired) electrons. The van der Waals surface area contributed by atoms with Crippen molar-refractivity contribution in [1.82, 2.24) is 0 Å². The zero-order valence-corrected chi connectivity index (χ0v) is 17.6. The zero-order chi connectivity index (χ0) is 19.7.